The number of aliphatic hydroxyl groups is 1. The molecule has 7 rings (SSSR count). The molecule has 230 valence electrons. The normalized spacial score (nSPS) is 16.6. The molecule has 1 atom stereocenters. The SMILES string of the molecule is Cc1c(Nc2ncnc3cc(CN4CCC(O)C4)cnc23)cccc1-c1cccc(NC(=O)c2nc3c(n2C)CCNC3)c1Cl. The van der Waals surface area contributed by atoms with Gasteiger partial charge in [-0.2, -0.15) is 0 Å². The van der Waals surface area contributed by atoms with Crippen LogP contribution in [0, 0.1) is 6.92 Å². The number of hydrogen-bond acceptors (Lipinski definition) is 9. The van der Waals surface area contributed by atoms with Gasteiger partial charge in [-0.1, -0.05) is 35.9 Å². The predicted octanol–water partition coefficient (Wildman–Crippen LogP) is 4.60. The number of likely N-dealkylation sites (tertiary alicyclic amines) is 1. The van der Waals surface area contributed by atoms with Crippen LogP contribution in [0.1, 0.15) is 39.6 Å². The van der Waals surface area contributed by atoms with Crippen LogP contribution in [-0.2, 0) is 26.6 Å². The molecule has 1 amide bonds. The number of hydrogen-bond donors (Lipinski definition) is 4. The molecule has 11 nitrogen and oxygen atoms in total. The van der Waals surface area contributed by atoms with Crippen molar-refractivity contribution in [1.82, 2.24) is 34.7 Å². The van der Waals surface area contributed by atoms with Crippen LogP contribution in [0.4, 0.5) is 17.2 Å². The minimum absolute atomic E-state index is 0.263. The minimum Gasteiger partial charge on any atom is -0.392 e. The summed E-state index contributed by atoms with van der Waals surface area (Å²) in [6.07, 6.45) is 4.75. The van der Waals surface area contributed by atoms with Crippen LogP contribution in [0.25, 0.3) is 22.2 Å². The first-order chi connectivity index (χ1) is 21.9. The number of rotatable bonds is 7. The Morgan fingerprint density at radius 2 is 1.96 bits per heavy atom. The number of amides is 1. The summed E-state index contributed by atoms with van der Waals surface area (Å²) in [5, 5.41) is 20.0. The third kappa shape index (κ3) is 5.75. The Balaban J connectivity index is 1.13. The lowest BCUT2D eigenvalue weighted by Crippen LogP contribution is -2.24. The average molecular weight is 624 g/mol. The molecule has 5 heterocycles. The topological polar surface area (TPSA) is 133 Å². The Labute approximate surface area is 265 Å². The van der Waals surface area contributed by atoms with Gasteiger partial charge in [0.05, 0.1) is 28.0 Å². The molecule has 5 aromatic rings. The minimum atomic E-state index is -0.303. The maximum atomic E-state index is 13.3. The molecule has 2 aliphatic rings. The van der Waals surface area contributed by atoms with Crippen molar-refractivity contribution >= 4 is 45.7 Å². The summed E-state index contributed by atoms with van der Waals surface area (Å²) in [6, 6.07) is 13.6. The maximum absolute atomic E-state index is 13.3. The van der Waals surface area contributed by atoms with E-state index in [4.69, 9.17) is 16.6 Å². The molecule has 1 fully saturated rings. The lowest BCUT2D eigenvalue weighted by molar-refractivity contribution is 0.101. The van der Waals surface area contributed by atoms with Crippen molar-refractivity contribution in [2.75, 3.05) is 30.3 Å². The summed E-state index contributed by atoms with van der Waals surface area (Å²) in [4.78, 5) is 33.8. The lowest BCUT2D eigenvalue weighted by atomic mass is 9.98. The zero-order chi connectivity index (χ0) is 31.1. The Morgan fingerprint density at radius 3 is 2.76 bits per heavy atom. The van der Waals surface area contributed by atoms with Crippen LogP contribution in [-0.4, -0.2) is 66.2 Å². The van der Waals surface area contributed by atoms with Gasteiger partial charge in [0, 0.05) is 69.3 Å². The van der Waals surface area contributed by atoms with Crippen molar-refractivity contribution in [3.05, 3.63) is 88.4 Å². The Morgan fingerprint density at radius 1 is 1.13 bits per heavy atom. The third-order valence-electron chi connectivity index (χ3n) is 8.64. The number of anilines is 3. The summed E-state index contributed by atoms with van der Waals surface area (Å²) in [7, 11) is 1.88. The van der Waals surface area contributed by atoms with E-state index in [2.05, 4.69) is 35.8 Å². The van der Waals surface area contributed by atoms with E-state index >= 15 is 0 Å². The maximum Gasteiger partial charge on any atom is 0.291 e. The molecular formula is C33H34ClN9O2. The molecule has 45 heavy (non-hydrogen) atoms. The van der Waals surface area contributed by atoms with E-state index in [0.717, 1.165) is 77.3 Å². The van der Waals surface area contributed by atoms with E-state index in [0.29, 0.717) is 41.0 Å². The molecule has 3 aromatic heterocycles. The molecule has 0 aliphatic carbocycles. The number of aliphatic hydroxyl groups excluding tert-OH is 1. The number of nitrogens with zero attached hydrogens (tertiary/aromatic N) is 6. The van der Waals surface area contributed by atoms with Gasteiger partial charge in [0.2, 0.25) is 0 Å². The van der Waals surface area contributed by atoms with E-state index in [-0.39, 0.29) is 12.0 Å². The number of benzene rings is 2. The zero-order valence-electron chi connectivity index (χ0n) is 25.1. The van der Waals surface area contributed by atoms with Crippen molar-refractivity contribution in [1.29, 1.82) is 0 Å². The van der Waals surface area contributed by atoms with Gasteiger partial charge >= 0.3 is 0 Å². The van der Waals surface area contributed by atoms with Crippen molar-refractivity contribution < 1.29 is 9.90 Å². The lowest BCUT2D eigenvalue weighted by Gasteiger charge is -2.17. The fourth-order valence-electron chi connectivity index (χ4n) is 6.24. The van der Waals surface area contributed by atoms with E-state index in [9.17, 15) is 9.90 Å². The van der Waals surface area contributed by atoms with Crippen molar-refractivity contribution in [2.45, 2.75) is 39.0 Å². The highest BCUT2D eigenvalue weighted by molar-refractivity contribution is 6.36. The fourth-order valence-corrected chi connectivity index (χ4v) is 6.52. The molecular weight excluding hydrogens is 590 g/mol. The molecule has 2 aromatic carbocycles. The van der Waals surface area contributed by atoms with Gasteiger partial charge in [-0.15, -0.1) is 0 Å². The monoisotopic (exact) mass is 623 g/mol. The van der Waals surface area contributed by atoms with Gasteiger partial charge in [-0.25, -0.2) is 15.0 Å². The van der Waals surface area contributed by atoms with Crippen molar-refractivity contribution in [3.8, 4) is 11.1 Å². The molecule has 0 bridgehead atoms. The standard InChI is InChI=1S/C33H34ClN9O2/c1-19-22(23-6-4-8-25(29(23)34)41-33(45)32-40-27-15-35-11-9-28(27)42(32)2)5-3-7-24(19)39-31-30-26(37-18-38-31)13-20(14-36-30)16-43-12-10-21(44)17-43/h3-8,13-14,18,21,35,44H,9-12,15-17H2,1-2H3,(H,41,45)(H,37,38,39). The molecule has 0 radical (unpaired) electrons. The smallest absolute Gasteiger partial charge is 0.291 e. The number of imidazole rings is 1. The number of aromatic nitrogens is 5. The summed E-state index contributed by atoms with van der Waals surface area (Å²) >= 11 is 6.94. The molecule has 12 heteroatoms. The van der Waals surface area contributed by atoms with E-state index in [1.807, 2.05) is 61.1 Å². The van der Waals surface area contributed by atoms with E-state index in [1.54, 1.807) is 6.07 Å². The van der Waals surface area contributed by atoms with Crippen LogP contribution >= 0.6 is 11.6 Å². The van der Waals surface area contributed by atoms with E-state index < -0.39 is 0 Å². The quantitative estimate of drug-likeness (QED) is 0.205. The number of nitrogens with one attached hydrogen (secondary N) is 3. The van der Waals surface area contributed by atoms with Crippen molar-refractivity contribution in [3.63, 3.8) is 0 Å². The summed E-state index contributed by atoms with van der Waals surface area (Å²) < 4.78 is 1.87. The molecule has 0 spiro atoms. The summed E-state index contributed by atoms with van der Waals surface area (Å²) in [6.45, 7) is 5.80. The fraction of sp³-hybridized carbons (Fsp3) is 0.303. The molecule has 1 saturated heterocycles. The van der Waals surface area contributed by atoms with Gasteiger partial charge in [0.25, 0.3) is 5.91 Å². The molecule has 2 aliphatic heterocycles. The number of pyridine rings is 1. The van der Waals surface area contributed by atoms with Crippen LogP contribution in [0.3, 0.4) is 0 Å². The predicted molar refractivity (Wildman–Crippen MR) is 175 cm³/mol. The summed E-state index contributed by atoms with van der Waals surface area (Å²) in [5.41, 5.74) is 8.48. The second-order valence-electron chi connectivity index (χ2n) is 11.7. The second kappa shape index (κ2) is 12.2. The Kier molecular flexibility index (Phi) is 7.92. The second-order valence-corrected chi connectivity index (χ2v) is 12.0. The number of β-amino-alcohol motifs (C(OH)–C–C–N with tert-alkyl or cyclic N) is 1. The molecule has 0 saturated carbocycles. The summed E-state index contributed by atoms with van der Waals surface area (Å²) in [5.74, 6) is 0.658. The highest BCUT2D eigenvalue weighted by Crippen LogP contribution is 2.38. The first-order valence-corrected chi connectivity index (χ1v) is 15.5. The number of fused-ring (bicyclic) bond motifs is 2. The van der Waals surface area contributed by atoms with Crippen LogP contribution < -0.4 is 16.0 Å². The Bertz CT molecular complexity index is 1920. The van der Waals surface area contributed by atoms with Gasteiger partial charge in [-0.3, -0.25) is 14.7 Å². The van der Waals surface area contributed by atoms with Gasteiger partial charge in [0.15, 0.2) is 11.6 Å². The molecule has 4 N–H and O–H groups in total. The van der Waals surface area contributed by atoms with Gasteiger partial charge < -0.3 is 25.6 Å². The molecule has 1 unspecified atom stereocenters. The third-order valence-corrected chi connectivity index (χ3v) is 9.05. The number of halogens is 1. The van der Waals surface area contributed by atoms with Crippen LogP contribution in [0.15, 0.2) is 55.0 Å². The van der Waals surface area contributed by atoms with E-state index in [1.165, 1.54) is 6.33 Å². The number of carbonyl (C=O) groups excluding carboxylic acids is 1. The van der Waals surface area contributed by atoms with Crippen LogP contribution in [0.2, 0.25) is 5.02 Å². The Hall–Kier alpha value is -4.42. The average Bonchev–Trinajstić information content (AvgIpc) is 3.61. The highest BCUT2D eigenvalue weighted by Gasteiger charge is 2.23. The van der Waals surface area contributed by atoms with Crippen molar-refractivity contribution in [2.24, 2.45) is 7.05 Å². The zero-order valence-corrected chi connectivity index (χ0v) is 25.9. The van der Waals surface area contributed by atoms with Crippen LogP contribution in [0.5, 0.6) is 0 Å². The first kappa shape index (κ1) is 29.3. The van der Waals surface area contributed by atoms with Gasteiger partial charge in [-0.05, 0) is 48.2 Å². The first-order valence-electron chi connectivity index (χ1n) is 15.1. The highest BCUT2D eigenvalue weighted by atomic mass is 35.5. The largest absolute Gasteiger partial charge is 0.392 e. The number of carbonyl (C=O) groups is 1. The van der Waals surface area contributed by atoms with Gasteiger partial charge in [0.1, 0.15) is 11.8 Å².